The molecule has 0 aliphatic rings. The van der Waals surface area contributed by atoms with E-state index >= 15 is 0 Å². The fraction of sp³-hybridized carbons (Fsp3) is 0.833. The number of carbonyl (C=O) groups is 3. The minimum Gasteiger partial charge on any atom is -0.461 e. The second kappa shape index (κ2) is 38.4. The van der Waals surface area contributed by atoms with Crippen molar-refractivity contribution < 1.29 is 23.9 Å². The summed E-state index contributed by atoms with van der Waals surface area (Å²) in [5.74, 6) is 1.58. The summed E-state index contributed by atoms with van der Waals surface area (Å²) in [4.78, 5) is 41.7. The Hall–Kier alpha value is -1.80. The van der Waals surface area contributed by atoms with E-state index in [1.165, 1.54) is 51.4 Å². The van der Waals surface area contributed by atoms with Crippen LogP contribution in [-0.2, 0) is 23.9 Å². The molecule has 0 aliphatic carbocycles. The number of amides is 1. The molecular formula is C42H78N2O5S. The van der Waals surface area contributed by atoms with E-state index in [1.807, 2.05) is 12.2 Å². The number of hydrogen-bond donors (Lipinski definition) is 0. The Kier molecular flexibility index (Phi) is 37.0. The van der Waals surface area contributed by atoms with Gasteiger partial charge in [-0.1, -0.05) is 129 Å². The number of nitrogens with zero attached hydrogens (tertiary/aromatic N) is 2. The van der Waals surface area contributed by atoms with Gasteiger partial charge in [-0.25, -0.2) is 0 Å². The molecular weight excluding hydrogens is 645 g/mol. The summed E-state index contributed by atoms with van der Waals surface area (Å²) in [7, 11) is 0. The predicted octanol–water partition coefficient (Wildman–Crippen LogP) is 10.7. The van der Waals surface area contributed by atoms with Crippen molar-refractivity contribution in [1.29, 1.82) is 0 Å². The van der Waals surface area contributed by atoms with Crippen molar-refractivity contribution in [3.8, 4) is 0 Å². The topological polar surface area (TPSA) is 76.1 Å². The lowest BCUT2D eigenvalue weighted by molar-refractivity contribution is -0.143. The van der Waals surface area contributed by atoms with Gasteiger partial charge in [0.1, 0.15) is 13.2 Å². The molecule has 0 atom stereocenters. The predicted molar refractivity (Wildman–Crippen MR) is 215 cm³/mol. The van der Waals surface area contributed by atoms with Crippen LogP contribution in [0.25, 0.3) is 0 Å². The number of unbranched alkanes of at least 4 members (excludes halogenated alkanes) is 16. The minimum absolute atomic E-state index is 0.105. The van der Waals surface area contributed by atoms with Crippen LogP contribution in [0.15, 0.2) is 24.3 Å². The third-order valence-corrected chi connectivity index (χ3v) is 10.0. The van der Waals surface area contributed by atoms with Crippen molar-refractivity contribution in [2.45, 2.75) is 169 Å². The molecule has 0 aromatic heterocycles. The van der Waals surface area contributed by atoms with Gasteiger partial charge in [0.05, 0.1) is 5.75 Å². The first-order valence-electron chi connectivity index (χ1n) is 20.7. The molecule has 0 unspecified atom stereocenters. The van der Waals surface area contributed by atoms with Crippen LogP contribution in [0.1, 0.15) is 169 Å². The molecule has 8 heteroatoms. The van der Waals surface area contributed by atoms with Gasteiger partial charge in [0.15, 0.2) is 0 Å². The van der Waals surface area contributed by atoms with E-state index in [0.29, 0.717) is 31.8 Å². The smallest absolute Gasteiger partial charge is 0.306 e. The molecule has 0 aliphatic heterocycles. The number of ether oxygens (including phenoxy) is 2. The average Bonchev–Trinajstić information content (AvgIpc) is 3.12. The summed E-state index contributed by atoms with van der Waals surface area (Å²) in [6.07, 6.45) is 31.3. The highest BCUT2D eigenvalue weighted by Gasteiger charge is 2.13. The zero-order valence-corrected chi connectivity index (χ0v) is 33.9. The Morgan fingerprint density at radius 1 is 0.520 bits per heavy atom. The van der Waals surface area contributed by atoms with Gasteiger partial charge < -0.3 is 19.3 Å². The zero-order chi connectivity index (χ0) is 36.8. The van der Waals surface area contributed by atoms with Crippen LogP contribution >= 0.6 is 11.8 Å². The highest BCUT2D eigenvalue weighted by atomic mass is 32.2. The first-order chi connectivity index (χ1) is 24.5. The van der Waals surface area contributed by atoms with E-state index in [9.17, 15) is 14.4 Å². The molecule has 0 fully saturated rings. The van der Waals surface area contributed by atoms with E-state index in [2.05, 4.69) is 49.6 Å². The monoisotopic (exact) mass is 723 g/mol. The summed E-state index contributed by atoms with van der Waals surface area (Å²) in [5.41, 5.74) is 0. The lowest BCUT2D eigenvalue weighted by atomic mass is 10.1. The maximum Gasteiger partial charge on any atom is 0.306 e. The average molecular weight is 723 g/mol. The van der Waals surface area contributed by atoms with Crippen molar-refractivity contribution >= 4 is 29.6 Å². The normalized spacial score (nSPS) is 11.6. The molecule has 292 valence electrons. The largest absolute Gasteiger partial charge is 0.461 e. The van der Waals surface area contributed by atoms with Crippen LogP contribution in [0.2, 0.25) is 0 Å². The molecule has 1 amide bonds. The van der Waals surface area contributed by atoms with Crippen LogP contribution in [0.3, 0.4) is 0 Å². The minimum atomic E-state index is -0.105. The fourth-order valence-corrected chi connectivity index (χ4v) is 6.62. The molecule has 0 heterocycles. The van der Waals surface area contributed by atoms with Gasteiger partial charge in [0.25, 0.3) is 0 Å². The summed E-state index contributed by atoms with van der Waals surface area (Å²) >= 11 is 1.75. The number of carbonyl (C=O) groups excluding carboxylic acids is 3. The van der Waals surface area contributed by atoms with Crippen molar-refractivity contribution in [3.05, 3.63) is 24.3 Å². The molecule has 50 heavy (non-hydrogen) atoms. The molecule has 7 nitrogen and oxygen atoms in total. The quantitative estimate of drug-likeness (QED) is 0.0359. The van der Waals surface area contributed by atoms with E-state index in [1.54, 1.807) is 11.8 Å². The Morgan fingerprint density at radius 2 is 0.960 bits per heavy atom. The maximum absolute atomic E-state index is 13.2. The van der Waals surface area contributed by atoms with Gasteiger partial charge in [-0.05, 0) is 64.5 Å². The van der Waals surface area contributed by atoms with Crippen LogP contribution in [0.5, 0.6) is 0 Å². The van der Waals surface area contributed by atoms with E-state index in [0.717, 1.165) is 116 Å². The molecule has 0 aromatic rings. The molecule has 0 saturated carbocycles. The van der Waals surface area contributed by atoms with Crippen molar-refractivity contribution in [2.75, 3.05) is 57.4 Å². The molecule has 0 N–H and O–H groups in total. The molecule has 0 radical (unpaired) electrons. The number of hydrogen-bond acceptors (Lipinski definition) is 7. The summed E-state index contributed by atoms with van der Waals surface area (Å²) in [5, 5.41) is 0. The van der Waals surface area contributed by atoms with Gasteiger partial charge in [-0.2, -0.15) is 11.8 Å². The molecule has 0 rings (SSSR count). The van der Waals surface area contributed by atoms with Crippen molar-refractivity contribution in [2.24, 2.45) is 0 Å². The van der Waals surface area contributed by atoms with Gasteiger partial charge in [-0.3, -0.25) is 14.4 Å². The van der Waals surface area contributed by atoms with E-state index < -0.39 is 0 Å². The van der Waals surface area contributed by atoms with Crippen LogP contribution in [0.4, 0.5) is 0 Å². The summed E-state index contributed by atoms with van der Waals surface area (Å²) < 4.78 is 10.7. The third-order valence-electron chi connectivity index (χ3n) is 9.11. The first-order valence-corrected chi connectivity index (χ1v) is 21.8. The standard InChI is InChI=1S/C42H78N2O5S/c1-5-9-11-13-15-23-29-36-48-41(46)31-25-19-17-21-27-33-44(40(45)39-50-38-35-43(7-3)8-4)34-28-22-18-20-26-32-42(47)49-37-30-24-16-14-12-10-6-2/h23-24,29-30H,5-22,25-28,31-39H2,1-4H3. The lowest BCUT2D eigenvalue weighted by Gasteiger charge is -2.23. The SMILES string of the molecule is CCCCCCC=CCOC(=O)CCCCCCCN(CCCCCCCC(=O)OCC=CCCCCCC)C(=O)CSCCN(CC)CC. The number of esters is 2. The fourth-order valence-electron chi connectivity index (χ4n) is 5.73. The second-order valence-electron chi connectivity index (χ2n) is 13.5. The van der Waals surface area contributed by atoms with Crippen molar-refractivity contribution in [1.82, 2.24) is 9.80 Å². The summed E-state index contributed by atoms with van der Waals surface area (Å²) in [6.45, 7) is 14.3. The number of allylic oxidation sites excluding steroid dienone is 2. The van der Waals surface area contributed by atoms with Crippen LogP contribution < -0.4 is 0 Å². The Morgan fingerprint density at radius 3 is 1.42 bits per heavy atom. The Bertz CT molecular complexity index is 794. The Balaban J connectivity index is 4.24. The van der Waals surface area contributed by atoms with Crippen molar-refractivity contribution in [3.63, 3.8) is 0 Å². The van der Waals surface area contributed by atoms with E-state index in [4.69, 9.17) is 9.47 Å². The van der Waals surface area contributed by atoms with Crippen LogP contribution in [0, 0.1) is 0 Å². The summed E-state index contributed by atoms with van der Waals surface area (Å²) in [6, 6.07) is 0. The van der Waals surface area contributed by atoms with Gasteiger partial charge in [0.2, 0.25) is 5.91 Å². The molecule has 0 saturated heterocycles. The number of thioether (sulfide) groups is 1. The van der Waals surface area contributed by atoms with E-state index in [-0.39, 0.29) is 17.8 Å². The molecule has 0 spiro atoms. The molecule has 0 bridgehead atoms. The van der Waals surface area contributed by atoms with Gasteiger partial charge >= 0.3 is 11.9 Å². The second-order valence-corrected chi connectivity index (χ2v) is 14.6. The maximum atomic E-state index is 13.2. The van der Waals surface area contributed by atoms with Crippen LogP contribution in [-0.4, -0.2) is 85.1 Å². The zero-order valence-electron chi connectivity index (χ0n) is 33.1. The van der Waals surface area contributed by atoms with Gasteiger partial charge in [-0.15, -0.1) is 0 Å². The highest BCUT2D eigenvalue weighted by Crippen LogP contribution is 2.12. The Labute approximate surface area is 313 Å². The highest BCUT2D eigenvalue weighted by molar-refractivity contribution is 7.99. The third kappa shape index (κ3) is 33.3. The first kappa shape index (κ1) is 48.2. The molecule has 0 aromatic carbocycles. The van der Waals surface area contributed by atoms with Gasteiger partial charge in [0, 0.05) is 38.2 Å². The number of rotatable bonds is 37. The lowest BCUT2D eigenvalue weighted by Crippen LogP contribution is -2.34.